The molecule has 35 heavy (non-hydrogen) atoms. The van der Waals surface area contributed by atoms with Gasteiger partial charge in [0.15, 0.2) is 0 Å². The van der Waals surface area contributed by atoms with Gasteiger partial charge in [-0.15, -0.1) is 0 Å². The van der Waals surface area contributed by atoms with Crippen LogP contribution in [0.15, 0.2) is 48.5 Å². The number of alkyl carbamates (subject to hydrolysis) is 1. The summed E-state index contributed by atoms with van der Waals surface area (Å²) in [4.78, 5) is 38.5. The van der Waals surface area contributed by atoms with E-state index in [9.17, 15) is 14.4 Å². The van der Waals surface area contributed by atoms with E-state index in [0.717, 1.165) is 24.0 Å². The first-order valence-electron chi connectivity index (χ1n) is 12.4. The van der Waals surface area contributed by atoms with E-state index in [-0.39, 0.29) is 37.9 Å². The summed E-state index contributed by atoms with van der Waals surface area (Å²) in [6, 6.07) is 16.4. The Hall–Kier alpha value is -3.35. The van der Waals surface area contributed by atoms with Crippen molar-refractivity contribution in [2.24, 2.45) is 11.3 Å². The van der Waals surface area contributed by atoms with Crippen LogP contribution in [-0.2, 0) is 14.3 Å². The first-order chi connectivity index (χ1) is 16.8. The number of hydrogen-bond acceptors (Lipinski definition) is 4. The fraction of sp³-hybridized carbons (Fsp3) is 0.464. The van der Waals surface area contributed by atoms with Crippen LogP contribution in [0.5, 0.6) is 0 Å². The normalized spacial score (nSPS) is 21.0. The third kappa shape index (κ3) is 5.34. The van der Waals surface area contributed by atoms with E-state index in [1.54, 1.807) is 7.05 Å². The molecule has 2 N–H and O–H groups in total. The molecular formula is C28H34N2O5. The van der Waals surface area contributed by atoms with E-state index >= 15 is 0 Å². The maximum atomic E-state index is 13.3. The van der Waals surface area contributed by atoms with E-state index in [0.29, 0.717) is 18.8 Å². The number of benzene rings is 2. The first kappa shape index (κ1) is 24.8. The quantitative estimate of drug-likeness (QED) is 0.576. The number of carbonyl (C=O) groups excluding carboxylic acids is 2. The van der Waals surface area contributed by atoms with Gasteiger partial charge in [-0.25, -0.2) is 4.79 Å². The van der Waals surface area contributed by atoms with Gasteiger partial charge in [0.2, 0.25) is 5.91 Å². The minimum Gasteiger partial charge on any atom is -0.481 e. The molecule has 7 heteroatoms. The molecule has 0 unspecified atom stereocenters. The van der Waals surface area contributed by atoms with E-state index in [2.05, 4.69) is 36.5 Å². The zero-order valence-corrected chi connectivity index (χ0v) is 20.5. The molecule has 1 saturated carbocycles. The molecule has 4 rings (SSSR count). The third-order valence-corrected chi connectivity index (χ3v) is 7.61. The van der Waals surface area contributed by atoms with Crippen LogP contribution < -0.4 is 5.32 Å². The Bertz CT molecular complexity index is 1040. The van der Waals surface area contributed by atoms with Crippen LogP contribution in [0.25, 0.3) is 11.1 Å². The summed E-state index contributed by atoms with van der Waals surface area (Å²) < 4.78 is 5.66. The van der Waals surface area contributed by atoms with Gasteiger partial charge in [-0.1, -0.05) is 55.5 Å². The molecular weight excluding hydrogens is 444 g/mol. The van der Waals surface area contributed by atoms with Crippen LogP contribution >= 0.6 is 0 Å². The average molecular weight is 479 g/mol. The predicted molar refractivity (Wildman–Crippen MR) is 133 cm³/mol. The number of fused-ring (bicyclic) bond motifs is 3. The van der Waals surface area contributed by atoms with Gasteiger partial charge in [0, 0.05) is 26.1 Å². The van der Waals surface area contributed by atoms with Crippen molar-refractivity contribution in [1.29, 1.82) is 0 Å². The minimum atomic E-state index is -0.937. The molecule has 0 aliphatic heterocycles. The van der Waals surface area contributed by atoms with Crippen molar-refractivity contribution >= 4 is 18.0 Å². The molecule has 2 aromatic carbocycles. The van der Waals surface area contributed by atoms with E-state index in [4.69, 9.17) is 9.84 Å². The van der Waals surface area contributed by atoms with E-state index in [1.165, 1.54) is 16.0 Å². The monoisotopic (exact) mass is 478 g/mol. The lowest BCUT2D eigenvalue weighted by Gasteiger charge is -2.40. The first-order valence-corrected chi connectivity index (χ1v) is 12.4. The largest absolute Gasteiger partial charge is 0.481 e. The maximum absolute atomic E-state index is 13.3. The number of nitrogens with zero attached hydrogens (tertiary/aromatic N) is 1. The minimum absolute atomic E-state index is 0.0265. The second-order valence-corrected chi connectivity index (χ2v) is 10.0. The highest BCUT2D eigenvalue weighted by molar-refractivity contribution is 5.84. The van der Waals surface area contributed by atoms with Crippen LogP contribution in [-0.4, -0.2) is 54.7 Å². The summed E-state index contributed by atoms with van der Waals surface area (Å²) in [7, 11) is 1.64. The summed E-state index contributed by atoms with van der Waals surface area (Å²) in [5.74, 6) is -0.548. The van der Waals surface area contributed by atoms with Gasteiger partial charge in [0.25, 0.3) is 0 Å². The van der Waals surface area contributed by atoms with Crippen molar-refractivity contribution in [3.8, 4) is 11.1 Å². The highest BCUT2D eigenvalue weighted by Gasteiger charge is 2.43. The number of carboxylic acids is 1. The molecule has 0 saturated heterocycles. The fourth-order valence-corrected chi connectivity index (χ4v) is 5.44. The molecule has 0 bridgehead atoms. The highest BCUT2D eigenvalue weighted by atomic mass is 16.5. The smallest absolute Gasteiger partial charge is 0.407 e. The Morgan fingerprint density at radius 1 is 1.03 bits per heavy atom. The zero-order chi connectivity index (χ0) is 25.0. The number of ether oxygens (including phenoxy) is 1. The third-order valence-electron chi connectivity index (χ3n) is 7.61. The number of carbonyl (C=O) groups is 3. The van der Waals surface area contributed by atoms with Crippen molar-refractivity contribution in [2.75, 3.05) is 26.7 Å². The fourth-order valence-electron chi connectivity index (χ4n) is 5.44. The lowest BCUT2D eigenvalue weighted by molar-refractivity contribution is -0.144. The Morgan fingerprint density at radius 3 is 2.17 bits per heavy atom. The van der Waals surface area contributed by atoms with Crippen molar-refractivity contribution in [2.45, 2.75) is 44.9 Å². The molecule has 0 atom stereocenters. The van der Waals surface area contributed by atoms with Gasteiger partial charge < -0.3 is 20.1 Å². The molecule has 2 aliphatic rings. The number of aliphatic carboxylic acids is 1. The number of nitrogens with one attached hydrogen (secondary N) is 1. The van der Waals surface area contributed by atoms with Crippen molar-refractivity contribution < 1.29 is 24.2 Å². The van der Waals surface area contributed by atoms with Gasteiger partial charge in [-0.3, -0.25) is 9.59 Å². The van der Waals surface area contributed by atoms with Crippen molar-refractivity contribution in [1.82, 2.24) is 10.2 Å². The van der Waals surface area contributed by atoms with Crippen LogP contribution in [0.4, 0.5) is 4.79 Å². The molecule has 186 valence electrons. The predicted octanol–water partition coefficient (Wildman–Crippen LogP) is 4.65. The van der Waals surface area contributed by atoms with Gasteiger partial charge in [-0.05, 0) is 53.9 Å². The standard InChI is InChI=1S/C28H34N2O5/c1-19-11-14-28(15-12-19,26(33)30(2)16-13-25(31)32)18-29-27(34)35-17-24-22-9-5-3-7-20(22)21-8-4-6-10-23(21)24/h3-10,19,24H,11-18H2,1-2H3,(H,29,34)(H,31,32). The van der Waals surface area contributed by atoms with Crippen LogP contribution in [0, 0.1) is 11.3 Å². The van der Waals surface area contributed by atoms with Crippen LogP contribution in [0.2, 0.25) is 0 Å². The van der Waals surface area contributed by atoms with Gasteiger partial charge in [-0.2, -0.15) is 0 Å². The van der Waals surface area contributed by atoms with Crippen molar-refractivity contribution in [3.63, 3.8) is 0 Å². The second-order valence-electron chi connectivity index (χ2n) is 10.0. The topological polar surface area (TPSA) is 95.9 Å². The summed E-state index contributed by atoms with van der Waals surface area (Å²) in [5.41, 5.74) is 3.90. The highest BCUT2D eigenvalue weighted by Crippen LogP contribution is 2.44. The van der Waals surface area contributed by atoms with Crippen LogP contribution in [0.1, 0.15) is 56.1 Å². The van der Waals surface area contributed by atoms with E-state index in [1.807, 2.05) is 24.3 Å². The van der Waals surface area contributed by atoms with Gasteiger partial charge in [0.1, 0.15) is 6.61 Å². The molecule has 1 fully saturated rings. The average Bonchev–Trinajstić information content (AvgIpc) is 3.19. The lowest BCUT2D eigenvalue weighted by atomic mass is 9.70. The van der Waals surface area contributed by atoms with E-state index < -0.39 is 17.5 Å². The number of amides is 2. The molecule has 0 spiro atoms. The summed E-state index contributed by atoms with van der Waals surface area (Å²) in [6.07, 6.45) is 2.47. The SMILES string of the molecule is CC1CCC(CNC(=O)OCC2c3ccccc3-c3ccccc32)(C(=O)N(C)CCC(=O)O)CC1. The molecule has 7 nitrogen and oxygen atoms in total. The maximum Gasteiger partial charge on any atom is 0.407 e. The Morgan fingerprint density at radius 2 is 1.60 bits per heavy atom. The summed E-state index contributed by atoms with van der Waals surface area (Å²) in [6.45, 7) is 2.72. The van der Waals surface area contributed by atoms with Gasteiger partial charge in [0.05, 0.1) is 11.8 Å². The Balaban J connectivity index is 1.40. The lowest BCUT2D eigenvalue weighted by Crippen LogP contribution is -2.51. The summed E-state index contributed by atoms with van der Waals surface area (Å²) >= 11 is 0. The second kappa shape index (κ2) is 10.5. The summed E-state index contributed by atoms with van der Waals surface area (Å²) in [5, 5.41) is 11.8. The zero-order valence-electron chi connectivity index (χ0n) is 20.5. The molecule has 2 aromatic rings. The number of hydrogen-bond donors (Lipinski definition) is 2. The number of carboxylic acid groups (broad SMARTS) is 1. The van der Waals surface area contributed by atoms with Crippen molar-refractivity contribution in [3.05, 3.63) is 59.7 Å². The molecule has 2 aliphatic carbocycles. The van der Waals surface area contributed by atoms with Gasteiger partial charge >= 0.3 is 12.1 Å². The van der Waals surface area contributed by atoms with Crippen LogP contribution in [0.3, 0.4) is 0 Å². The molecule has 2 amide bonds. The number of rotatable bonds is 8. The molecule has 0 aromatic heterocycles. The Labute approximate surface area is 206 Å². The molecule has 0 heterocycles. The Kier molecular flexibility index (Phi) is 7.43. The molecule has 0 radical (unpaired) electrons.